The molecule has 8 nitrogen and oxygen atoms in total. The van der Waals surface area contributed by atoms with Gasteiger partial charge >= 0.3 is 17.8 Å². The number of rotatable bonds is 2. The largest absolute Gasteiger partial charge is 0.478 e. The van der Waals surface area contributed by atoms with E-state index in [0.29, 0.717) is 42.5 Å². The van der Waals surface area contributed by atoms with Gasteiger partial charge in [-0.15, -0.1) is 0 Å². The van der Waals surface area contributed by atoms with Gasteiger partial charge in [-0.3, -0.25) is 4.57 Å². The van der Waals surface area contributed by atoms with E-state index >= 15 is 0 Å². The van der Waals surface area contributed by atoms with Crippen molar-refractivity contribution in [2.24, 2.45) is 0 Å². The molecule has 2 aromatic rings. The van der Waals surface area contributed by atoms with E-state index in [1.54, 1.807) is 22.5 Å². The summed E-state index contributed by atoms with van der Waals surface area (Å²) in [6.07, 6.45) is 0.923. The number of carbonyl (C=O) groups excluding carboxylic acids is 1. The molecule has 0 spiro atoms. The monoisotopic (exact) mass is 375 g/mol. The fourth-order valence-electron chi connectivity index (χ4n) is 3.50. The van der Waals surface area contributed by atoms with Crippen molar-refractivity contribution in [1.82, 2.24) is 14.5 Å². The van der Waals surface area contributed by atoms with Crippen LogP contribution in [0.4, 0.5) is 4.79 Å². The highest BCUT2D eigenvalue weighted by molar-refractivity contribution is 5.94. The number of benzene rings is 1. The molecule has 0 atom stereocenters. The molecule has 1 aromatic heterocycles. The highest BCUT2D eigenvalue weighted by atomic mass is 16.6. The number of aryl methyl sites for hydroxylation is 1. The van der Waals surface area contributed by atoms with Crippen molar-refractivity contribution >= 4 is 23.1 Å². The average Bonchev–Trinajstić information content (AvgIpc) is 2.87. The van der Waals surface area contributed by atoms with Crippen LogP contribution >= 0.6 is 0 Å². The molecule has 3 rings (SSSR count). The Bertz CT molecular complexity index is 943. The number of piperidine rings is 1. The SMILES string of the molecule is Cc1cc2c(cc1C(=O)O)[nH]c(=O)n2C1CCN(C(=O)OC(C)(C)C)CC1. The zero-order valence-corrected chi connectivity index (χ0v) is 16.0. The van der Waals surface area contributed by atoms with Crippen molar-refractivity contribution in [2.45, 2.75) is 52.2 Å². The summed E-state index contributed by atoms with van der Waals surface area (Å²) in [5.74, 6) is -1.02. The van der Waals surface area contributed by atoms with Gasteiger partial charge in [-0.05, 0) is 58.2 Å². The number of fused-ring (bicyclic) bond motifs is 1. The first-order valence-electron chi connectivity index (χ1n) is 9.03. The summed E-state index contributed by atoms with van der Waals surface area (Å²) in [4.78, 5) is 40.4. The molecular weight excluding hydrogens is 350 g/mol. The predicted octanol–water partition coefficient (Wildman–Crippen LogP) is 2.91. The fraction of sp³-hybridized carbons (Fsp3) is 0.526. The predicted molar refractivity (Wildman–Crippen MR) is 100 cm³/mol. The number of aromatic carboxylic acids is 1. The van der Waals surface area contributed by atoms with Crippen LogP contribution in [-0.4, -0.2) is 50.3 Å². The number of carbonyl (C=O) groups is 2. The van der Waals surface area contributed by atoms with Crippen LogP contribution in [0.2, 0.25) is 0 Å². The first kappa shape index (κ1) is 19.0. The third-order valence-electron chi connectivity index (χ3n) is 4.77. The summed E-state index contributed by atoms with van der Waals surface area (Å²) >= 11 is 0. The molecule has 2 N–H and O–H groups in total. The van der Waals surface area contributed by atoms with Crippen LogP contribution < -0.4 is 5.69 Å². The minimum Gasteiger partial charge on any atom is -0.478 e. The highest BCUT2D eigenvalue weighted by Gasteiger charge is 2.29. The minimum atomic E-state index is -1.02. The third-order valence-corrected chi connectivity index (χ3v) is 4.77. The Morgan fingerprint density at radius 2 is 1.85 bits per heavy atom. The quantitative estimate of drug-likeness (QED) is 0.840. The lowest BCUT2D eigenvalue weighted by molar-refractivity contribution is 0.0188. The van der Waals surface area contributed by atoms with Gasteiger partial charge in [0.15, 0.2) is 0 Å². The Morgan fingerprint density at radius 1 is 1.22 bits per heavy atom. The zero-order valence-electron chi connectivity index (χ0n) is 16.0. The third kappa shape index (κ3) is 3.84. The second kappa shape index (κ2) is 6.75. The number of likely N-dealkylation sites (tertiary alicyclic amines) is 1. The van der Waals surface area contributed by atoms with Crippen molar-refractivity contribution in [1.29, 1.82) is 0 Å². The Morgan fingerprint density at radius 3 is 2.41 bits per heavy atom. The van der Waals surface area contributed by atoms with Crippen molar-refractivity contribution in [3.63, 3.8) is 0 Å². The van der Waals surface area contributed by atoms with Crippen LogP contribution in [0.3, 0.4) is 0 Å². The van der Waals surface area contributed by atoms with E-state index < -0.39 is 11.6 Å². The van der Waals surface area contributed by atoms with E-state index in [1.807, 2.05) is 20.8 Å². The molecule has 1 aliphatic heterocycles. The summed E-state index contributed by atoms with van der Waals surface area (Å²) in [5.41, 5.74) is 1.18. The Hall–Kier alpha value is -2.77. The summed E-state index contributed by atoms with van der Waals surface area (Å²) in [6.45, 7) is 8.22. The molecule has 0 aliphatic carbocycles. The van der Waals surface area contributed by atoms with Gasteiger partial charge in [0.25, 0.3) is 0 Å². The van der Waals surface area contributed by atoms with Gasteiger partial charge in [-0.2, -0.15) is 0 Å². The number of nitrogens with zero attached hydrogens (tertiary/aromatic N) is 2. The molecule has 1 amide bonds. The first-order chi connectivity index (χ1) is 12.6. The minimum absolute atomic E-state index is 0.0555. The van der Waals surface area contributed by atoms with Crippen LogP contribution in [-0.2, 0) is 4.74 Å². The molecule has 0 saturated carbocycles. The topological polar surface area (TPSA) is 105 Å². The van der Waals surface area contributed by atoms with Crippen molar-refractivity contribution < 1.29 is 19.4 Å². The van der Waals surface area contributed by atoms with Gasteiger partial charge in [-0.1, -0.05) is 0 Å². The Labute approximate surface area is 156 Å². The van der Waals surface area contributed by atoms with E-state index in [2.05, 4.69) is 4.98 Å². The van der Waals surface area contributed by atoms with Crippen molar-refractivity contribution in [3.8, 4) is 0 Å². The smallest absolute Gasteiger partial charge is 0.410 e. The van der Waals surface area contributed by atoms with Gasteiger partial charge in [0.05, 0.1) is 16.6 Å². The van der Waals surface area contributed by atoms with Gasteiger partial charge in [0.1, 0.15) is 5.60 Å². The lowest BCUT2D eigenvalue weighted by atomic mass is 10.0. The van der Waals surface area contributed by atoms with E-state index in [9.17, 15) is 19.5 Å². The van der Waals surface area contributed by atoms with Crippen molar-refractivity contribution in [2.75, 3.05) is 13.1 Å². The molecule has 1 saturated heterocycles. The summed E-state index contributed by atoms with van der Waals surface area (Å²) in [7, 11) is 0. The van der Waals surface area contributed by atoms with Crippen LogP contribution in [0, 0.1) is 6.92 Å². The number of hydrogen-bond acceptors (Lipinski definition) is 4. The van der Waals surface area contributed by atoms with E-state index in [1.165, 1.54) is 6.07 Å². The number of H-pyrrole nitrogens is 1. The van der Waals surface area contributed by atoms with Crippen LogP contribution in [0.5, 0.6) is 0 Å². The Balaban J connectivity index is 1.82. The standard InChI is InChI=1S/C19H25N3O5/c1-11-9-15-14(10-13(11)16(23)24)20-17(25)22(15)12-5-7-21(8-6-12)18(26)27-19(2,3)4/h9-10,12H,5-8H2,1-4H3,(H,20,25)(H,23,24). The molecule has 0 radical (unpaired) electrons. The maximum absolute atomic E-state index is 12.5. The molecular formula is C19H25N3O5. The molecule has 0 bridgehead atoms. The number of aromatic nitrogens is 2. The zero-order chi connectivity index (χ0) is 19.9. The second-order valence-electron chi connectivity index (χ2n) is 7.99. The fourth-order valence-corrected chi connectivity index (χ4v) is 3.50. The lowest BCUT2D eigenvalue weighted by Gasteiger charge is -2.33. The van der Waals surface area contributed by atoms with Gasteiger partial charge in [0.2, 0.25) is 0 Å². The van der Waals surface area contributed by atoms with Crippen LogP contribution in [0.25, 0.3) is 11.0 Å². The molecule has 2 heterocycles. The molecule has 1 aromatic carbocycles. The number of carboxylic acids is 1. The second-order valence-corrected chi connectivity index (χ2v) is 7.99. The number of amides is 1. The molecule has 27 heavy (non-hydrogen) atoms. The van der Waals surface area contributed by atoms with Crippen LogP contribution in [0.1, 0.15) is 55.6 Å². The number of imidazole rings is 1. The number of aromatic amines is 1. The number of hydrogen-bond donors (Lipinski definition) is 2. The number of nitrogens with one attached hydrogen (secondary N) is 1. The summed E-state index contributed by atoms with van der Waals surface area (Å²) in [5, 5.41) is 9.26. The van der Waals surface area contributed by atoms with Gasteiger partial charge < -0.3 is 19.7 Å². The van der Waals surface area contributed by atoms with Crippen molar-refractivity contribution in [3.05, 3.63) is 33.7 Å². The van der Waals surface area contributed by atoms with E-state index in [-0.39, 0.29) is 23.4 Å². The maximum atomic E-state index is 12.5. The normalized spacial score (nSPS) is 15.9. The number of carboxylic acid groups (broad SMARTS) is 1. The van der Waals surface area contributed by atoms with Gasteiger partial charge in [-0.25, -0.2) is 14.4 Å². The Kier molecular flexibility index (Phi) is 4.75. The van der Waals surface area contributed by atoms with Gasteiger partial charge in [0, 0.05) is 19.1 Å². The molecule has 8 heteroatoms. The lowest BCUT2D eigenvalue weighted by Crippen LogP contribution is -2.43. The van der Waals surface area contributed by atoms with E-state index in [0.717, 1.165) is 0 Å². The number of ether oxygens (including phenoxy) is 1. The first-order valence-corrected chi connectivity index (χ1v) is 9.03. The molecule has 146 valence electrons. The summed E-state index contributed by atoms with van der Waals surface area (Å²) in [6, 6.07) is 3.18. The average molecular weight is 375 g/mol. The molecule has 0 unspecified atom stereocenters. The van der Waals surface area contributed by atoms with E-state index in [4.69, 9.17) is 4.74 Å². The highest BCUT2D eigenvalue weighted by Crippen LogP contribution is 2.27. The molecule has 1 aliphatic rings. The maximum Gasteiger partial charge on any atom is 0.410 e. The molecule has 1 fully saturated rings. The summed E-state index contributed by atoms with van der Waals surface area (Å²) < 4.78 is 7.09. The van der Waals surface area contributed by atoms with Crippen LogP contribution in [0.15, 0.2) is 16.9 Å².